The van der Waals surface area contributed by atoms with Crippen molar-refractivity contribution in [1.82, 2.24) is 14.5 Å². The van der Waals surface area contributed by atoms with Crippen molar-refractivity contribution < 1.29 is 13.2 Å². The lowest BCUT2D eigenvalue weighted by molar-refractivity contribution is -0.123. The number of amides is 1. The molecule has 6 nitrogen and oxygen atoms in total. The molecule has 158 valence electrons. The van der Waals surface area contributed by atoms with Crippen LogP contribution in [0.1, 0.15) is 48.1 Å². The van der Waals surface area contributed by atoms with E-state index in [0.717, 1.165) is 34.2 Å². The third-order valence-corrected chi connectivity index (χ3v) is 8.42. The number of hydrogen-bond acceptors (Lipinski definition) is 4. The number of sulfonamides is 1. The Hall–Kier alpha value is -1.44. The Bertz CT molecular complexity index is 812. The van der Waals surface area contributed by atoms with Crippen molar-refractivity contribution in [2.24, 2.45) is 0 Å². The van der Waals surface area contributed by atoms with Crippen LogP contribution in [0.15, 0.2) is 4.90 Å². The number of nitrogens with one attached hydrogen (secondary N) is 1. The van der Waals surface area contributed by atoms with Gasteiger partial charge in [-0.3, -0.25) is 9.69 Å². The smallest absolute Gasteiger partial charge is 0.243 e. The first kappa shape index (κ1) is 22.8. The summed E-state index contributed by atoms with van der Waals surface area (Å²) in [4.78, 5) is 14.6. The molecule has 0 saturated carbocycles. The summed E-state index contributed by atoms with van der Waals surface area (Å²) in [6, 6.07) is 0.160. The SMILES string of the molecule is CCC(C)NC(=O)CN1CCN(S(=O)(=O)c2c(C)c(C)c(C)c(C)c2C)CC1. The van der Waals surface area contributed by atoms with Gasteiger partial charge in [-0.15, -0.1) is 0 Å². The first-order valence-corrected chi connectivity index (χ1v) is 11.5. The summed E-state index contributed by atoms with van der Waals surface area (Å²) in [7, 11) is -3.55. The van der Waals surface area contributed by atoms with Crippen molar-refractivity contribution >= 4 is 15.9 Å². The molecule has 0 bridgehead atoms. The standard InChI is InChI=1S/C21H35N3O3S/c1-8-14(2)22-20(25)13-23-9-11-24(12-10-23)28(26,27)21-18(6)16(4)15(3)17(5)19(21)7/h14H,8-13H2,1-7H3,(H,22,25). The zero-order valence-corrected chi connectivity index (χ0v) is 19.2. The predicted octanol–water partition coefficient (Wildman–Crippen LogP) is 2.45. The van der Waals surface area contributed by atoms with E-state index in [1.165, 1.54) is 0 Å². The van der Waals surface area contributed by atoms with Gasteiger partial charge in [0.25, 0.3) is 0 Å². The van der Waals surface area contributed by atoms with Gasteiger partial charge in [-0.1, -0.05) is 6.92 Å². The van der Waals surface area contributed by atoms with Crippen LogP contribution in [0.25, 0.3) is 0 Å². The van der Waals surface area contributed by atoms with Crippen molar-refractivity contribution in [3.8, 4) is 0 Å². The van der Waals surface area contributed by atoms with Crippen molar-refractivity contribution in [3.05, 3.63) is 27.8 Å². The average molecular weight is 410 g/mol. The Morgan fingerprint density at radius 1 is 0.929 bits per heavy atom. The Morgan fingerprint density at radius 2 is 1.39 bits per heavy atom. The van der Waals surface area contributed by atoms with E-state index >= 15 is 0 Å². The van der Waals surface area contributed by atoms with Crippen LogP contribution in [-0.2, 0) is 14.8 Å². The minimum Gasteiger partial charge on any atom is -0.353 e. The molecule has 1 heterocycles. The Morgan fingerprint density at radius 3 is 1.86 bits per heavy atom. The highest BCUT2D eigenvalue weighted by Crippen LogP contribution is 2.31. The Labute approximate surface area is 170 Å². The fourth-order valence-corrected chi connectivity index (χ4v) is 5.72. The van der Waals surface area contributed by atoms with E-state index in [1.807, 2.05) is 53.4 Å². The molecule has 1 unspecified atom stereocenters. The molecule has 0 aromatic heterocycles. The zero-order valence-electron chi connectivity index (χ0n) is 18.3. The number of rotatable bonds is 6. The molecule has 2 rings (SSSR count). The molecular formula is C21H35N3O3S. The van der Waals surface area contributed by atoms with Crippen molar-refractivity contribution in [2.75, 3.05) is 32.7 Å². The summed E-state index contributed by atoms with van der Waals surface area (Å²) in [5.74, 6) is 0.00197. The van der Waals surface area contributed by atoms with Crippen LogP contribution in [0.4, 0.5) is 0 Å². The predicted molar refractivity (Wildman–Crippen MR) is 113 cm³/mol. The molecular weight excluding hydrogens is 374 g/mol. The minimum absolute atomic E-state index is 0.00197. The molecule has 1 saturated heterocycles. The van der Waals surface area contributed by atoms with Crippen molar-refractivity contribution in [2.45, 2.75) is 65.8 Å². The van der Waals surface area contributed by atoms with E-state index in [9.17, 15) is 13.2 Å². The van der Waals surface area contributed by atoms with Gasteiger partial charge in [-0.05, 0) is 75.8 Å². The third kappa shape index (κ3) is 4.58. The van der Waals surface area contributed by atoms with Crippen LogP contribution < -0.4 is 5.32 Å². The maximum Gasteiger partial charge on any atom is 0.243 e. The number of carbonyl (C=O) groups is 1. The van der Waals surface area contributed by atoms with Crippen LogP contribution in [0.3, 0.4) is 0 Å². The second-order valence-electron chi connectivity index (χ2n) is 8.01. The van der Waals surface area contributed by atoms with Gasteiger partial charge in [-0.2, -0.15) is 4.31 Å². The topological polar surface area (TPSA) is 69.7 Å². The molecule has 1 aliphatic heterocycles. The average Bonchev–Trinajstić information content (AvgIpc) is 2.65. The highest BCUT2D eigenvalue weighted by molar-refractivity contribution is 7.89. The summed E-state index contributed by atoms with van der Waals surface area (Å²) < 4.78 is 28.3. The lowest BCUT2D eigenvalue weighted by Gasteiger charge is -2.34. The van der Waals surface area contributed by atoms with E-state index < -0.39 is 10.0 Å². The normalized spacial score (nSPS) is 17.5. The van der Waals surface area contributed by atoms with Gasteiger partial charge in [0.1, 0.15) is 0 Å². The third-order valence-electron chi connectivity index (χ3n) is 6.25. The lowest BCUT2D eigenvalue weighted by atomic mass is 9.95. The zero-order chi connectivity index (χ0) is 21.2. The fourth-order valence-electron chi connectivity index (χ4n) is 3.74. The largest absolute Gasteiger partial charge is 0.353 e. The van der Waals surface area contributed by atoms with E-state index in [2.05, 4.69) is 5.32 Å². The molecule has 1 N–H and O–H groups in total. The molecule has 1 aliphatic rings. The van der Waals surface area contributed by atoms with Gasteiger partial charge < -0.3 is 5.32 Å². The summed E-state index contributed by atoms with van der Waals surface area (Å²) in [5, 5.41) is 2.96. The van der Waals surface area contributed by atoms with Gasteiger partial charge >= 0.3 is 0 Å². The summed E-state index contributed by atoms with van der Waals surface area (Å²) in [5.41, 5.74) is 4.93. The highest BCUT2D eigenvalue weighted by Gasteiger charge is 2.32. The van der Waals surface area contributed by atoms with Crippen LogP contribution >= 0.6 is 0 Å². The molecule has 0 aliphatic carbocycles. The van der Waals surface area contributed by atoms with Crippen LogP contribution in [0.2, 0.25) is 0 Å². The maximum atomic E-state index is 13.4. The molecule has 1 fully saturated rings. The Kier molecular flexibility index (Phi) is 7.28. The molecule has 1 amide bonds. The molecule has 1 aromatic carbocycles. The van der Waals surface area contributed by atoms with Crippen molar-refractivity contribution in [1.29, 1.82) is 0 Å². The molecule has 0 radical (unpaired) electrons. The summed E-state index contributed by atoms with van der Waals surface area (Å²) >= 11 is 0. The summed E-state index contributed by atoms with van der Waals surface area (Å²) in [6.45, 7) is 16.1. The second-order valence-corrected chi connectivity index (χ2v) is 9.89. The molecule has 1 aromatic rings. The van der Waals surface area contributed by atoms with E-state index in [1.54, 1.807) is 4.31 Å². The fraction of sp³-hybridized carbons (Fsp3) is 0.667. The highest BCUT2D eigenvalue weighted by atomic mass is 32.2. The number of carbonyl (C=O) groups excluding carboxylic acids is 1. The lowest BCUT2D eigenvalue weighted by Crippen LogP contribution is -2.51. The first-order chi connectivity index (χ1) is 13.0. The van der Waals surface area contributed by atoms with E-state index in [-0.39, 0.29) is 11.9 Å². The Balaban J connectivity index is 2.13. The van der Waals surface area contributed by atoms with Crippen LogP contribution in [0.5, 0.6) is 0 Å². The number of nitrogens with zero attached hydrogens (tertiary/aromatic N) is 2. The van der Waals surface area contributed by atoms with Gasteiger partial charge in [-0.25, -0.2) is 8.42 Å². The molecule has 1 atom stereocenters. The number of benzene rings is 1. The first-order valence-electron chi connectivity index (χ1n) is 10.1. The molecule has 28 heavy (non-hydrogen) atoms. The van der Waals surface area contributed by atoms with Crippen molar-refractivity contribution in [3.63, 3.8) is 0 Å². The van der Waals surface area contributed by atoms with Gasteiger partial charge in [0.2, 0.25) is 15.9 Å². The molecule has 7 heteroatoms. The molecule has 0 spiro atoms. The van der Waals surface area contributed by atoms with Gasteiger partial charge in [0.15, 0.2) is 0 Å². The number of hydrogen-bond donors (Lipinski definition) is 1. The quantitative estimate of drug-likeness (QED) is 0.784. The monoisotopic (exact) mass is 409 g/mol. The summed E-state index contributed by atoms with van der Waals surface area (Å²) in [6.07, 6.45) is 0.895. The van der Waals surface area contributed by atoms with Crippen LogP contribution in [0, 0.1) is 34.6 Å². The van der Waals surface area contributed by atoms with Gasteiger partial charge in [0.05, 0.1) is 11.4 Å². The van der Waals surface area contributed by atoms with E-state index in [0.29, 0.717) is 37.6 Å². The van der Waals surface area contributed by atoms with Crippen LogP contribution in [-0.4, -0.2) is 62.3 Å². The minimum atomic E-state index is -3.55. The number of piperazine rings is 1. The second kappa shape index (κ2) is 8.93. The van der Waals surface area contributed by atoms with Gasteiger partial charge in [0, 0.05) is 32.2 Å². The van der Waals surface area contributed by atoms with E-state index in [4.69, 9.17) is 0 Å². The maximum absolute atomic E-state index is 13.4.